The molecule has 2 nitrogen and oxygen atoms in total. The predicted octanol–water partition coefficient (Wildman–Crippen LogP) is 8.66. The molecule has 1 N–H and O–H groups in total. The van der Waals surface area contributed by atoms with Gasteiger partial charge in [0.05, 0.1) is 12.7 Å². The van der Waals surface area contributed by atoms with Crippen LogP contribution >= 0.6 is 0 Å². The van der Waals surface area contributed by atoms with E-state index in [-0.39, 0.29) is 29.7 Å². The van der Waals surface area contributed by atoms with Gasteiger partial charge in [0.1, 0.15) is 17.4 Å². The van der Waals surface area contributed by atoms with Crippen LogP contribution in [0.25, 0.3) is 11.1 Å². The maximum Gasteiger partial charge on any atom is 0.157 e. The van der Waals surface area contributed by atoms with E-state index in [2.05, 4.69) is 6.58 Å². The number of aliphatic hydroxyl groups is 1. The van der Waals surface area contributed by atoms with E-state index in [9.17, 15) is 13.9 Å². The van der Waals surface area contributed by atoms with Crippen LogP contribution in [0, 0.1) is 23.6 Å². The summed E-state index contributed by atoms with van der Waals surface area (Å²) in [6, 6.07) is 12.4. The molecule has 0 bridgehead atoms. The van der Waals surface area contributed by atoms with E-state index in [4.69, 9.17) is 4.74 Å². The Labute approximate surface area is 218 Å². The van der Waals surface area contributed by atoms with Gasteiger partial charge in [0.2, 0.25) is 0 Å². The normalized spacial score (nSPS) is 22.9. The zero-order chi connectivity index (χ0) is 26.4. The van der Waals surface area contributed by atoms with Crippen molar-refractivity contribution in [2.45, 2.75) is 64.4 Å². The van der Waals surface area contributed by atoms with Crippen LogP contribution in [0.3, 0.4) is 0 Å². The van der Waals surface area contributed by atoms with Gasteiger partial charge in [-0.25, -0.2) is 13.2 Å². The van der Waals surface area contributed by atoms with Gasteiger partial charge in [0.15, 0.2) is 5.83 Å². The van der Waals surface area contributed by atoms with Crippen molar-refractivity contribution in [1.29, 1.82) is 0 Å². The lowest BCUT2D eigenvalue weighted by atomic mass is 9.71. The van der Waals surface area contributed by atoms with Crippen molar-refractivity contribution < 1.29 is 23.0 Å². The number of hydrogen-bond acceptors (Lipinski definition) is 2. The smallest absolute Gasteiger partial charge is 0.157 e. The number of benzene rings is 2. The summed E-state index contributed by atoms with van der Waals surface area (Å²) in [7, 11) is 0. The number of rotatable bonds is 10. The number of aryl methyl sites for hydroxylation is 1. The molecule has 198 valence electrons. The summed E-state index contributed by atoms with van der Waals surface area (Å²) in [6.07, 6.45) is 8.93. The van der Waals surface area contributed by atoms with Gasteiger partial charge in [-0.1, -0.05) is 36.4 Å². The molecule has 0 heterocycles. The second kappa shape index (κ2) is 12.6. The molecule has 5 heteroatoms. The summed E-state index contributed by atoms with van der Waals surface area (Å²) in [5, 5.41) is 9.81. The summed E-state index contributed by atoms with van der Waals surface area (Å²) < 4.78 is 50.1. The van der Waals surface area contributed by atoms with Gasteiger partial charge in [-0.2, -0.15) is 0 Å². The Morgan fingerprint density at radius 1 is 1.03 bits per heavy atom. The Hall–Kier alpha value is -2.79. The molecule has 2 aromatic rings. The van der Waals surface area contributed by atoms with Crippen molar-refractivity contribution in [2.24, 2.45) is 17.8 Å². The Kier molecular flexibility index (Phi) is 9.31. The number of hydrogen-bond donors (Lipinski definition) is 1. The molecule has 2 aliphatic carbocycles. The average Bonchev–Trinajstić information content (AvgIpc) is 2.90. The molecule has 0 aromatic heterocycles. The topological polar surface area (TPSA) is 29.5 Å². The molecule has 0 spiro atoms. The summed E-state index contributed by atoms with van der Waals surface area (Å²) >= 11 is 0. The lowest BCUT2D eigenvalue weighted by molar-refractivity contribution is 0.0784. The molecule has 0 aliphatic heterocycles. The average molecular weight is 511 g/mol. The molecule has 37 heavy (non-hydrogen) atoms. The van der Waals surface area contributed by atoms with Gasteiger partial charge in [-0.15, -0.1) is 6.58 Å². The summed E-state index contributed by atoms with van der Waals surface area (Å²) in [4.78, 5) is 0. The third kappa shape index (κ3) is 6.75. The SMILES string of the molecule is C=CCCOc1ccc(-c2ccc(CCC3=CCC(C4CCC(C(C)O)CC4)C(F)=C3F)cc2)c(F)c1. The summed E-state index contributed by atoms with van der Waals surface area (Å²) in [5.74, 6) is -1.13. The summed E-state index contributed by atoms with van der Waals surface area (Å²) in [5.41, 5.74) is 2.66. The molecule has 4 rings (SSSR count). The molecule has 2 aromatic carbocycles. The van der Waals surface area contributed by atoms with Gasteiger partial charge in [0, 0.05) is 17.5 Å². The number of aliphatic hydroxyl groups excluding tert-OH is 1. The van der Waals surface area contributed by atoms with E-state index in [0.29, 0.717) is 49.2 Å². The highest BCUT2D eigenvalue weighted by atomic mass is 19.2. The number of allylic oxidation sites excluding steroid dienone is 4. The standard InChI is InChI=1S/C32H37F3O2/c1-3-4-19-37-27-16-18-28(30(33)20-27)24-8-5-22(6-9-24)7-10-26-15-17-29(32(35)31(26)34)25-13-11-23(12-14-25)21(2)36/h3,5-6,8-9,15-16,18,20-21,23,25,29,36H,1,4,7,10-14,17,19H2,2H3. The van der Waals surface area contributed by atoms with E-state index in [0.717, 1.165) is 36.8 Å². The molecule has 0 amide bonds. The fourth-order valence-corrected chi connectivity index (χ4v) is 5.63. The lowest BCUT2D eigenvalue weighted by Gasteiger charge is -2.35. The first-order valence-corrected chi connectivity index (χ1v) is 13.4. The van der Waals surface area contributed by atoms with Crippen molar-refractivity contribution in [2.75, 3.05) is 6.61 Å². The van der Waals surface area contributed by atoms with Crippen LogP contribution in [-0.2, 0) is 6.42 Å². The van der Waals surface area contributed by atoms with Crippen LogP contribution < -0.4 is 4.74 Å². The predicted molar refractivity (Wildman–Crippen MR) is 143 cm³/mol. The van der Waals surface area contributed by atoms with Crippen molar-refractivity contribution in [3.05, 3.63) is 89.8 Å². The van der Waals surface area contributed by atoms with E-state index >= 15 is 4.39 Å². The van der Waals surface area contributed by atoms with Crippen molar-refractivity contribution in [3.8, 4) is 16.9 Å². The third-order valence-electron chi connectivity index (χ3n) is 7.98. The van der Waals surface area contributed by atoms with E-state index in [1.165, 1.54) is 6.07 Å². The van der Waals surface area contributed by atoms with Gasteiger partial charge in [-0.3, -0.25) is 0 Å². The molecule has 2 aliphatic rings. The zero-order valence-electron chi connectivity index (χ0n) is 21.6. The first-order valence-electron chi connectivity index (χ1n) is 13.4. The largest absolute Gasteiger partial charge is 0.493 e. The summed E-state index contributed by atoms with van der Waals surface area (Å²) in [6.45, 7) is 5.91. The van der Waals surface area contributed by atoms with Crippen LogP contribution in [0.4, 0.5) is 13.2 Å². The highest BCUT2D eigenvalue weighted by Gasteiger charge is 2.35. The second-order valence-corrected chi connectivity index (χ2v) is 10.4. The minimum Gasteiger partial charge on any atom is -0.493 e. The molecule has 1 saturated carbocycles. The Morgan fingerprint density at radius 3 is 2.41 bits per heavy atom. The quantitative estimate of drug-likeness (QED) is 0.256. The monoisotopic (exact) mass is 510 g/mol. The van der Waals surface area contributed by atoms with Crippen LogP contribution in [-0.4, -0.2) is 17.8 Å². The molecule has 2 atom stereocenters. The third-order valence-corrected chi connectivity index (χ3v) is 7.98. The number of halogens is 3. The lowest BCUT2D eigenvalue weighted by Crippen LogP contribution is -2.28. The molecular weight excluding hydrogens is 473 g/mol. The first-order chi connectivity index (χ1) is 17.9. The molecule has 0 saturated heterocycles. The molecule has 0 radical (unpaired) electrons. The van der Waals surface area contributed by atoms with Crippen molar-refractivity contribution in [3.63, 3.8) is 0 Å². The minimum absolute atomic E-state index is 0.138. The van der Waals surface area contributed by atoms with Gasteiger partial charge in [0.25, 0.3) is 0 Å². The fraction of sp³-hybridized carbons (Fsp3) is 0.438. The van der Waals surface area contributed by atoms with Crippen LogP contribution in [0.5, 0.6) is 5.75 Å². The zero-order valence-corrected chi connectivity index (χ0v) is 21.6. The Morgan fingerprint density at radius 2 is 1.76 bits per heavy atom. The van der Waals surface area contributed by atoms with Crippen molar-refractivity contribution >= 4 is 0 Å². The van der Waals surface area contributed by atoms with Crippen LogP contribution in [0.1, 0.15) is 57.4 Å². The fourth-order valence-electron chi connectivity index (χ4n) is 5.63. The molecule has 2 unspecified atom stereocenters. The maximum atomic E-state index is 15.0. The molecular formula is C32H37F3O2. The van der Waals surface area contributed by atoms with Crippen LogP contribution in [0.15, 0.2) is 78.4 Å². The maximum absolute atomic E-state index is 15.0. The van der Waals surface area contributed by atoms with Gasteiger partial charge in [-0.05, 0) is 99.0 Å². The number of ether oxygens (including phenoxy) is 1. The Bertz CT molecular complexity index is 1130. The van der Waals surface area contributed by atoms with Gasteiger partial charge >= 0.3 is 0 Å². The van der Waals surface area contributed by atoms with Crippen LogP contribution in [0.2, 0.25) is 0 Å². The molecule has 1 fully saturated rings. The van der Waals surface area contributed by atoms with Gasteiger partial charge < -0.3 is 9.84 Å². The highest BCUT2D eigenvalue weighted by Crippen LogP contribution is 2.44. The minimum atomic E-state index is -0.692. The second-order valence-electron chi connectivity index (χ2n) is 10.4. The van der Waals surface area contributed by atoms with E-state index in [1.54, 1.807) is 18.2 Å². The first kappa shape index (κ1) is 27.3. The van der Waals surface area contributed by atoms with E-state index < -0.39 is 11.7 Å². The van der Waals surface area contributed by atoms with Crippen molar-refractivity contribution in [1.82, 2.24) is 0 Å². The highest BCUT2D eigenvalue weighted by molar-refractivity contribution is 5.65. The van der Waals surface area contributed by atoms with E-state index in [1.807, 2.05) is 37.3 Å². The Balaban J connectivity index is 1.32.